The number of aryl methyl sites for hydroxylation is 1. The van der Waals surface area contributed by atoms with Crippen molar-refractivity contribution in [1.82, 2.24) is 9.78 Å². The van der Waals surface area contributed by atoms with E-state index in [9.17, 15) is 0 Å². The standard InChI is InChI=1S/C12H21N3O/c1-4-12(2)7-10(5-6-16-12)14-11-8-13-15(3)9-11/h8-10,14H,4-7H2,1-3H3. The van der Waals surface area contributed by atoms with E-state index in [1.165, 1.54) is 0 Å². The Balaban J connectivity index is 1.95. The summed E-state index contributed by atoms with van der Waals surface area (Å²) in [5.41, 5.74) is 1.14. The lowest BCUT2D eigenvalue weighted by atomic mass is 9.90. The molecule has 0 amide bonds. The van der Waals surface area contributed by atoms with Gasteiger partial charge in [0.15, 0.2) is 0 Å². The summed E-state index contributed by atoms with van der Waals surface area (Å²) in [7, 11) is 1.94. The molecule has 1 fully saturated rings. The second-order valence-corrected chi connectivity index (χ2v) is 4.89. The SMILES string of the molecule is CCC1(C)CC(Nc2cnn(C)c2)CCO1. The maximum absolute atomic E-state index is 5.83. The molecule has 0 saturated carbocycles. The van der Waals surface area contributed by atoms with Crippen molar-refractivity contribution in [2.75, 3.05) is 11.9 Å². The molecule has 4 nitrogen and oxygen atoms in total. The minimum absolute atomic E-state index is 0.0398. The number of hydrogen-bond donors (Lipinski definition) is 1. The zero-order chi connectivity index (χ0) is 11.6. The van der Waals surface area contributed by atoms with E-state index < -0.39 is 0 Å². The van der Waals surface area contributed by atoms with Crippen LogP contribution in [0.1, 0.15) is 33.1 Å². The molecule has 1 aliphatic rings. The van der Waals surface area contributed by atoms with Crippen molar-refractivity contribution in [3.05, 3.63) is 12.4 Å². The first kappa shape index (κ1) is 11.5. The molecular formula is C12H21N3O. The van der Waals surface area contributed by atoms with E-state index in [4.69, 9.17) is 4.74 Å². The highest BCUT2D eigenvalue weighted by Crippen LogP contribution is 2.29. The monoisotopic (exact) mass is 223 g/mol. The summed E-state index contributed by atoms with van der Waals surface area (Å²) in [4.78, 5) is 0. The van der Waals surface area contributed by atoms with Crippen molar-refractivity contribution in [3.8, 4) is 0 Å². The molecular weight excluding hydrogens is 202 g/mol. The highest BCUT2D eigenvalue weighted by Gasteiger charge is 2.31. The van der Waals surface area contributed by atoms with Gasteiger partial charge in [0.05, 0.1) is 17.5 Å². The van der Waals surface area contributed by atoms with Gasteiger partial charge >= 0.3 is 0 Å². The zero-order valence-electron chi connectivity index (χ0n) is 10.4. The molecule has 2 unspecified atom stereocenters. The van der Waals surface area contributed by atoms with Crippen molar-refractivity contribution in [2.45, 2.75) is 44.8 Å². The van der Waals surface area contributed by atoms with Crippen LogP contribution in [0.15, 0.2) is 12.4 Å². The molecule has 90 valence electrons. The molecule has 0 aromatic carbocycles. The van der Waals surface area contributed by atoms with Gasteiger partial charge in [0.2, 0.25) is 0 Å². The number of ether oxygens (including phenoxy) is 1. The molecule has 0 bridgehead atoms. The molecule has 1 N–H and O–H groups in total. The molecule has 2 rings (SSSR count). The lowest BCUT2D eigenvalue weighted by Gasteiger charge is -2.38. The van der Waals surface area contributed by atoms with E-state index in [2.05, 4.69) is 24.3 Å². The second kappa shape index (κ2) is 4.45. The average molecular weight is 223 g/mol. The van der Waals surface area contributed by atoms with E-state index in [0.29, 0.717) is 6.04 Å². The third-order valence-corrected chi connectivity index (χ3v) is 3.42. The van der Waals surface area contributed by atoms with Crippen LogP contribution in [0, 0.1) is 0 Å². The van der Waals surface area contributed by atoms with Crippen LogP contribution in [0.25, 0.3) is 0 Å². The van der Waals surface area contributed by atoms with Crippen molar-refractivity contribution in [2.24, 2.45) is 7.05 Å². The number of hydrogen-bond acceptors (Lipinski definition) is 3. The maximum atomic E-state index is 5.83. The molecule has 0 spiro atoms. The van der Waals surface area contributed by atoms with Crippen molar-refractivity contribution >= 4 is 5.69 Å². The summed E-state index contributed by atoms with van der Waals surface area (Å²) in [6.45, 7) is 5.23. The minimum Gasteiger partial charge on any atom is -0.380 e. The lowest BCUT2D eigenvalue weighted by molar-refractivity contribution is -0.0708. The Labute approximate surface area is 97.0 Å². The van der Waals surface area contributed by atoms with Gasteiger partial charge in [-0.1, -0.05) is 6.92 Å². The Kier molecular flexibility index (Phi) is 3.19. The third kappa shape index (κ3) is 2.55. The van der Waals surface area contributed by atoms with Gasteiger partial charge in [-0.3, -0.25) is 4.68 Å². The fourth-order valence-corrected chi connectivity index (χ4v) is 2.23. The molecule has 1 aromatic heterocycles. The van der Waals surface area contributed by atoms with Gasteiger partial charge in [-0.25, -0.2) is 0 Å². The molecule has 0 radical (unpaired) electrons. The number of nitrogens with zero attached hydrogens (tertiary/aromatic N) is 2. The van der Waals surface area contributed by atoms with Gasteiger partial charge in [-0.2, -0.15) is 5.10 Å². The largest absolute Gasteiger partial charge is 0.380 e. The predicted molar refractivity (Wildman–Crippen MR) is 64.5 cm³/mol. The Morgan fingerprint density at radius 3 is 3.12 bits per heavy atom. The lowest BCUT2D eigenvalue weighted by Crippen LogP contribution is -2.41. The van der Waals surface area contributed by atoms with Gasteiger partial charge in [0, 0.05) is 25.9 Å². The molecule has 1 aromatic rings. The van der Waals surface area contributed by atoms with Crippen LogP contribution in [0.4, 0.5) is 5.69 Å². The van der Waals surface area contributed by atoms with Crippen molar-refractivity contribution in [3.63, 3.8) is 0 Å². The van der Waals surface area contributed by atoms with E-state index >= 15 is 0 Å². The number of aromatic nitrogens is 2. The summed E-state index contributed by atoms with van der Waals surface area (Å²) >= 11 is 0. The molecule has 2 heterocycles. The van der Waals surface area contributed by atoms with Gasteiger partial charge < -0.3 is 10.1 Å². The summed E-state index contributed by atoms with van der Waals surface area (Å²) in [5, 5.41) is 7.69. The fourth-order valence-electron chi connectivity index (χ4n) is 2.23. The van der Waals surface area contributed by atoms with Gasteiger partial charge in [-0.05, 0) is 26.2 Å². The molecule has 16 heavy (non-hydrogen) atoms. The molecule has 4 heteroatoms. The minimum atomic E-state index is 0.0398. The van der Waals surface area contributed by atoms with Crippen molar-refractivity contribution in [1.29, 1.82) is 0 Å². The first-order chi connectivity index (χ1) is 7.61. The van der Waals surface area contributed by atoms with Crippen molar-refractivity contribution < 1.29 is 4.74 Å². The summed E-state index contributed by atoms with van der Waals surface area (Å²) in [5.74, 6) is 0. The molecule has 0 aliphatic carbocycles. The fraction of sp³-hybridized carbons (Fsp3) is 0.750. The van der Waals surface area contributed by atoms with E-state index in [1.807, 2.05) is 24.1 Å². The van der Waals surface area contributed by atoms with E-state index in [1.54, 1.807) is 0 Å². The highest BCUT2D eigenvalue weighted by molar-refractivity contribution is 5.39. The van der Waals surface area contributed by atoms with Gasteiger partial charge in [-0.15, -0.1) is 0 Å². The Bertz CT molecular complexity index is 350. The van der Waals surface area contributed by atoms with E-state index in [-0.39, 0.29) is 5.60 Å². The van der Waals surface area contributed by atoms with Gasteiger partial charge in [0.25, 0.3) is 0 Å². The number of anilines is 1. The Hall–Kier alpha value is -1.03. The molecule has 2 atom stereocenters. The van der Waals surface area contributed by atoms with Crippen LogP contribution >= 0.6 is 0 Å². The summed E-state index contributed by atoms with van der Waals surface area (Å²) in [6, 6.07) is 0.503. The highest BCUT2D eigenvalue weighted by atomic mass is 16.5. The molecule has 1 saturated heterocycles. The predicted octanol–water partition coefficient (Wildman–Crippen LogP) is 2.18. The van der Waals surface area contributed by atoms with Crippen LogP contribution in [0.2, 0.25) is 0 Å². The second-order valence-electron chi connectivity index (χ2n) is 4.89. The van der Waals surface area contributed by atoms with Gasteiger partial charge in [0.1, 0.15) is 0 Å². The topological polar surface area (TPSA) is 39.1 Å². The van der Waals surface area contributed by atoms with Crippen LogP contribution in [0.5, 0.6) is 0 Å². The van der Waals surface area contributed by atoms with Crippen LogP contribution < -0.4 is 5.32 Å². The maximum Gasteiger partial charge on any atom is 0.0728 e. The Morgan fingerprint density at radius 1 is 1.69 bits per heavy atom. The Morgan fingerprint density at radius 2 is 2.50 bits per heavy atom. The quantitative estimate of drug-likeness (QED) is 0.853. The first-order valence-corrected chi connectivity index (χ1v) is 6.00. The molecule has 1 aliphatic heterocycles. The zero-order valence-corrected chi connectivity index (χ0v) is 10.4. The normalized spacial score (nSPS) is 30.3. The van der Waals surface area contributed by atoms with E-state index in [0.717, 1.165) is 31.6 Å². The van der Waals surface area contributed by atoms with Crippen LogP contribution in [-0.4, -0.2) is 28.0 Å². The summed E-state index contributed by atoms with van der Waals surface area (Å²) in [6.07, 6.45) is 7.10. The summed E-state index contributed by atoms with van der Waals surface area (Å²) < 4.78 is 7.65. The number of rotatable bonds is 3. The smallest absolute Gasteiger partial charge is 0.0728 e. The third-order valence-electron chi connectivity index (χ3n) is 3.42. The van der Waals surface area contributed by atoms with Crippen LogP contribution in [0.3, 0.4) is 0 Å². The average Bonchev–Trinajstić information content (AvgIpc) is 2.64. The first-order valence-electron chi connectivity index (χ1n) is 6.00. The number of nitrogens with one attached hydrogen (secondary N) is 1. The van der Waals surface area contributed by atoms with Crippen LogP contribution in [-0.2, 0) is 11.8 Å².